The molecule has 0 bridgehead atoms. The van der Waals surface area contributed by atoms with Crippen LogP contribution in [0, 0.1) is 0 Å². The number of ketones is 1. The molecule has 2 atom stereocenters. The van der Waals surface area contributed by atoms with Crippen molar-refractivity contribution in [2.24, 2.45) is 0 Å². The molecule has 2 unspecified atom stereocenters. The van der Waals surface area contributed by atoms with Crippen molar-refractivity contribution in [1.29, 1.82) is 0 Å². The summed E-state index contributed by atoms with van der Waals surface area (Å²) in [5.41, 5.74) is -0.543. The molecule has 1 saturated carbocycles. The summed E-state index contributed by atoms with van der Waals surface area (Å²) < 4.78 is 0. The minimum Gasteiger partial charge on any atom is -0.297 e. The zero-order valence-electron chi connectivity index (χ0n) is 6.63. The van der Waals surface area contributed by atoms with Gasteiger partial charge in [0.2, 0.25) is 0 Å². The number of hydrogen-bond acceptors (Lipinski definition) is 3. The Morgan fingerprint density at radius 2 is 2.36 bits per heavy atom. The summed E-state index contributed by atoms with van der Waals surface area (Å²) in [6.45, 7) is 1.58. The average Bonchev–Trinajstić information content (AvgIpc) is 1.91. The van der Waals surface area contributed by atoms with E-state index in [9.17, 15) is 4.79 Å². The summed E-state index contributed by atoms with van der Waals surface area (Å²) in [6.07, 6.45) is 4.10. The Morgan fingerprint density at radius 3 is 2.73 bits per heavy atom. The predicted molar refractivity (Wildman–Crippen MR) is 37.8 cm³/mol. The Hall–Kier alpha value is -0.410. The third kappa shape index (κ3) is 0.844. The first kappa shape index (κ1) is 7.25. The van der Waals surface area contributed by atoms with Gasteiger partial charge < -0.3 is 0 Å². The molecule has 2 fully saturated rings. The standard InChI is InChI=1S/C8H12O3/c1-6(9)8-5-3-2-4-7(8)10-11-8/h7H,2-5H2,1H3. The van der Waals surface area contributed by atoms with Gasteiger partial charge >= 0.3 is 0 Å². The lowest BCUT2D eigenvalue weighted by atomic mass is 9.78. The molecular weight excluding hydrogens is 144 g/mol. The zero-order valence-corrected chi connectivity index (χ0v) is 6.63. The van der Waals surface area contributed by atoms with E-state index in [-0.39, 0.29) is 11.9 Å². The Morgan fingerprint density at radius 1 is 1.55 bits per heavy atom. The molecule has 2 aliphatic rings. The lowest BCUT2D eigenvalue weighted by Crippen LogP contribution is -2.62. The Balaban J connectivity index is 2.15. The van der Waals surface area contributed by atoms with Crippen LogP contribution < -0.4 is 0 Å². The second-order valence-corrected chi connectivity index (χ2v) is 3.36. The van der Waals surface area contributed by atoms with Crippen LogP contribution in [0.25, 0.3) is 0 Å². The predicted octanol–water partition coefficient (Wildman–Crippen LogP) is 1.22. The van der Waals surface area contributed by atoms with Crippen molar-refractivity contribution in [1.82, 2.24) is 0 Å². The van der Waals surface area contributed by atoms with Gasteiger partial charge in [-0.2, -0.15) is 0 Å². The summed E-state index contributed by atoms with van der Waals surface area (Å²) in [5, 5.41) is 0. The van der Waals surface area contributed by atoms with Crippen molar-refractivity contribution >= 4 is 5.78 Å². The van der Waals surface area contributed by atoms with Gasteiger partial charge in [-0.05, 0) is 26.2 Å². The van der Waals surface area contributed by atoms with E-state index in [0.717, 1.165) is 25.7 Å². The highest BCUT2D eigenvalue weighted by Crippen LogP contribution is 2.42. The van der Waals surface area contributed by atoms with E-state index in [1.807, 2.05) is 0 Å². The molecule has 0 spiro atoms. The average molecular weight is 156 g/mol. The molecule has 0 amide bonds. The molecule has 62 valence electrons. The summed E-state index contributed by atoms with van der Waals surface area (Å²) >= 11 is 0. The van der Waals surface area contributed by atoms with E-state index in [0.29, 0.717) is 0 Å². The van der Waals surface area contributed by atoms with Gasteiger partial charge in [0.15, 0.2) is 11.4 Å². The Bertz CT molecular complexity index is 190. The fraction of sp³-hybridized carbons (Fsp3) is 0.875. The number of hydrogen-bond donors (Lipinski definition) is 0. The van der Waals surface area contributed by atoms with Crippen LogP contribution in [0.15, 0.2) is 0 Å². The highest BCUT2D eigenvalue weighted by Gasteiger charge is 2.56. The van der Waals surface area contributed by atoms with Gasteiger partial charge in [-0.1, -0.05) is 6.42 Å². The molecule has 3 heteroatoms. The number of carbonyl (C=O) groups excluding carboxylic acids is 1. The molecule has 0 radical (unpaired) electrons. The minimum absolute atomic E-state index is 0.0498. The first-order valence-electron chi connectivity index (χ1n) is 4.11. The second kappa shape index (κ2) is 2.29. The third-order valence-electron chi connectivity index (χ3n) is 2.69. The van der Waals surface area contributed by atoms with Gasteiger partial charge in [-0.25, -0.2) is 9.78 Å². The molecular formula is C8H12O3. The first-order chi connectivity index (χ1) is 5.26. The highest BCUT2D eigenvalue weighted by molar-refractivity contribution is 5.86. The fourth-order valence-electron chi connectivity index (χ4n) is 1.90. The molecule has 11 heavy (non-hydrogen) atoms. The molecule has 0 aromatic heterocycles. The molecule has 1 saturated heterocycles. The smallest absolute Gasteiger partial charge is 0.190 e. The van der Waals surface area contributed by atoms with Gasteiger partial charge in [0.05, 0.1) is 0 Å². The minimum atomic E-state index is -0.543. The summed E-state index contributed by atoms with van der Waals surface area (Å²) in [7, 11) is 0. The SMILES string of the molecule is CC(=O)C12CCCCC1OO2. The van der Waals surface area contributed by atoms with Crippen molar-refractivity contribution in [3.05, 3.63) is 0 Å². The first-order valence-corrected chi connectivity index (χ1v) is 4.11. The van der Waals surface area contributed by atoms with Crippen LogP contribution in [-0.2, 0) is 14.6 Å². The summed E-state index contributed by atoms with van der Waals surface area (Å²) in [6, 6.07) is 0. The van der Waals surface area contributed by atoms with Crippen LogP contribution in [0.4, 0.5) is 0 Å². The van der Waals surface area contributed by atoms with Gasteiger partial charge in [-0.3, -0.25) is 4.79 Å². The van der Waals surface area contributed by atoms with Crippen molar-refractivity contribution in [2.75, 3.05) is 0 Å². The van der Waals surface area contributed by atoms with E-state index < -0.39 is 5.60 Å². The van der Waals surface area contributed by atoms with E-state index in [1.165, 1.54) is 0 Å². The van der Waals surface area contributed by atoms with Crippen LogP contribution in [0.3, 0.4) is 0 Å². The van der Waals surface area contributed by atoms with Crippen LogP contribution in [-0.4, -0.2) is 17.5 Å². The lowest BCUT2D eigenvalue weighted by molar-refractivity contribution is -0.499. The maximum absolute atomic E-state index is 11.2. The van der Waals surface area contributed by atoms with E-state index in [4.69, 9.17) is 9.78 Å². The second-order valence-electron chi connectivity index (χ2n) is 3.36. The number of Topliss-reactive ketones (excluding diaryl/α,β-unsaturated/α-hetero) is 1. The molecule has 1 aliphatic carbocycles. The molecule has 1 heterocycles. The summed E-state index contributed by atoms with van der Waals surface area (Å²) in [4.78, 5) is 21.0. The Kier molecular flexibility index (Phi) is 1.51. The van der Waals surface area contributed by atoms with Crippen molar-refractivity contribution < 1.29 is 14.6 Å². The molecule has 0 N–H and O–H groups in total. The van der Waals surface area contributed by atoms with Crippen LogP contribution in [0.5, 0.6) is 0 Å². The molecule has 0 aromatic rings. The zero-order chi connectivity index (χ0) is 7.90. The van der Waals surface area contributed by atoms with Gasteiger partial charge in [0.1, 0.15) is 6.10 Å². The molecule has 0 aromatic carbocycles. The number of rotatable bonds is 1. The van der Waals surface area contributed by atoms with Crippen molar-refractivity contribution in [3.63, 3.8) is 0 Å². The highest BCUT2D eigenvalue weighted by atomic mass is 17.3. The van der Waals surface area contributed by atoms with E-state index >= 15 is 0 Å². The molecule has 3 nitrogen and oxygen atoms in total. The molecule has 2 rings (SSSR count). The van der Waals surface area contributed by atoms with E-state index in [1.54, 1.807) is 6.92 Å². The number of fused-ring (bicyclic) bond motifs is 1. The van der Waals surface area contributed by atoms with E-state index in [2.05, 4.69) is 0 Å². The monoisotopic (exact) mass is 156 g/mol. The fourth-order valence-corrected chi connectivity index (χ4v) is 1.90. The Labute approximate surface area is 65.6 Å². The van der Waals surface area contributed by atoms with Crippen molar-refractivity contribution in [3.8, 4) is 0 Å². The quantitative estimate of drug-likeness (QED) is 0.535. The van der Waals surface area contributed by atoms with Gasteiger partial charge in [0, 0.05) is 0 Å². The lowest BCUT2D eigenvalue weighted by Gasteiger charge is -2.47. The largest absolute Gasteiger partial charge is 0.297 e. The normalized spacial score (nSPS) is 42.5. The third-order valence-corrected chi connectivity index (χ3v) is 2.69. The maximum atomic E-state index is 11.2. The van der Waals surface area contributed by atoms with Crippen LogP contribution in [0.2, 0.25) is 0 Å². The number of carbonyl (C=O) groups is 1. The van der Waals surface area contributed by atoms with Gasteiger partial charge in [0.25, 0.3) is 0 Å². The van der Waals surface area contributed by atoms with Gasteiger partial charge in [-0.15, -0.1) is 0 Å². The molecule has 1 aliphatic heterocycles. The topological polar surface area (TPSA) is 35.5 Å². The summed E-state index contributed by atoms with van der Waals surface area (Å²) in [5.74, 6) is 0.119. The van der Waals surface area contributed by atoms with Crippen LogP contribution in [0.1, 0.15) is 32.6 Å². The maximum Gasteiger partial charge on any atom is 0.190 e. The van der Waals surface area contributed by atoms with Crippen LogP contribution >= 0.6 is 0 Å². The van der Waals surface area contributed by atoms with Crippen molar-refractivity contribution in [2.45, 2.75) is 44.3 Å².